The van der Waals surface area contributed by atoms with E-state index in [0.717, 1.165) is 35.6 Å². The standard InChI is InChI=1S/C23H39N3O4S/c1-16-12-20(26-14-18(3)30-19(4)15-26)13-17(2)22(16)25-21(27)10-8-9-11-24-31(28,29)23(5,6)7/h12-13,18-19,24H,8-11,14-15H2,1-7H3,(H,25,27). The van der Waals surface area contributed by atoms with Crippen LogP contribution in [0, 0.1) is 13.8 Å². The molecule has 8 heteroatoms. The average molecular weight is 454 g/mol. The molecule has 1 aliphatic heterocycles. The van der Waals surface area contributed by atoms with E-state index in [1.807, 2.05) is 13.8 Å². The van der Waals surface area contributed by atoms with Crippen LogP contribution in [0.4, 0.5) is 11.4 Å². The van der Waals surface area contributed by atoms with Crippen molar-refractivity contribution in [3.05, 3.63) is 23.3 Å². The van der Waals surface area contributed by atoms with Crippen LogP contribution < -0.4 is 14.9 Å². The van der Waals surface area contributed by atoms with Crippen molar-refractivity contribution in [3.63, 3.8) is 0 Å². The normalized spacial score (nSPS) is 20.0. The number of hydrogen-bond donors (Lipinski definition) is 2. The third-order valence-electron chi connectivity index (χ3n) is 5.50. The van der Waals surface area contributed by atoms with Crippen LogP contribution in [-0.2, 0) is 19.6 Å². The molecule has 0 aromatic heterocycles. The summed E-state index contributed by atoms with van der Waals surface area (Å²) in [6, 6.07) is 4.24. The molecule has 31 heavy (non-hydrogen) atoms. The summed E-state index contributed by atoms with van der Waals surface area (Å²) in [6.45, 7) is 15.3. The number of amides is 1. The summed E-state index contributed by atoms with van der Waals surface area (Å²) in [4.78, 5) is 14.8. The highest BCUT2D eigenvalue weighted by Crippen LogP contribution is 2.29. The molecule has 0 radical (unpaired) electrons. The first-order valence-electron chi connectivity index (χ1n) is 11.1. The highest BCUT2D eigenvalue weighted by atomic mass is 32.2. The van der Waals surface area contributed by atoms with Gasteiger partial charge in [0.05, 0.1) is 17.0 Å². The molecule has 1 fully saturated rings. The van der Waals surface area contributed by atoms with Crippen molar-refractivity contribution in [1.82, 2.24) is 4.72 Å². The van der Waals surface area contributed by atoms with Crippen LogP contribution >= 0.6 is 0 Å². The lowest BCUT2D eigenvalue weighted by molar-refractivity contribution is -0.116. The second-order valence-electron chi connectivity index (χ2n) is 9.63. The number of aryl methyl sites for hydroxylation is 2. The molecule has 2 N–H and O–H groups in total. The van der Waals surface area contributed by atoms with E-state index >= 15 is 0 Å². The fourth-order valence-corrected chi connectivity index (χ4v) is 4.59. The molecule has 2 unspecified atom stereocenters. The van der Waals surface area contributed by atoms with Gasteiger partial charge in [-0.2, -0.15) is 0 Å². The van der Waals surface area contributed by atoms with Crippen molar-refractivity contribution in [2.45, 2.75) is 84.7 Å². The number of benzene rings is 1. The maximum atomic E-state index is 12.4. The van der Waals surface area contributed by atoms with Crippen molar-refractivity contribution in [2.24, 2.45) is 0 Å². The lowest BCUT2D eigenvalue weighted by Gasteiger charge is -2.37. The van der Waals surface area contributed by atoms with E-state index in [0.29, 0.717) is 25.8 Å². The zero-order valence-electron chi connectivity index (χ0n) is 20.0. The van der Waals surface area contributed by atoms with Gasteiger partial charge in [0.25, 0.3) is 0 Å². The van der Waals surface area contributed by atoms with Crippen LogP contribution in [-0.4, -0.2) is 50.9 Å². The zero-order chi connectivity index (χ0) is 23.4. The van der Waals surface area contributed by atoms with Gasteiger partial charge in [-0.25, -0.2) is 13.1 Å². The fourth-order valence-electron chi connectivity index (χ4n) is 3.74. The Morgan fingerprint density at radius 2 is 1.65 bits per heavy atom. The summed E-state index contributed by atoms with van der Waals surface area (Å²) in [5.41, 5.74) is 4.08. The average Bonchev–Trinajstić information content (AvgIpc) is 2.62. The van der Waals surface area contributed by atoms with Gasteiger partial charge in [0.1, 0.15) is 0 Å². The second kappa shape index (κ2) is 10.3. The summed E-state index contributed by atoms with van der Waals surface area (Å²) < 4.78 is 31.7. The fraction of sp³-hybridized carbons (Fsp3) is 0.696. The minimum atomic E-state index is -3.34. The lowest BCUT2D eigenvalue weighted by atomic mass is 10.1. The zero-order valence-corrected chi connectivity index (χ0v) is 20.9. The number of nitrogens with one attached hydrogen (secondary N) is 2. The van der Waals surface area contributed by atoms with Gasteiger partial charge < -0.3 is 15.0 Å². The molecule has 1 aromatic rings. The van der Waals surface area contributed by atoms with E-state index in [-0.39, 0.29) is 18.1 Å². The van der Waals surface area contributed by atoms with E-state index < -0.39 is 14.8 Å². The molecule has 0 spiro atoms. The predicted molar refractivity (Wildman–Crippen MR) is 127 cm³/mol. The Labute approximate surface area is 188 Å². The Hall–Kier alpha value is -1.64. The number of ether oxygens (including phenoxy) is 1. The van der Waals surface area contributed by atoms with Gasteiger partial charge in [-0.1, -0.05) is 0 Å². The maximum Gasteiger partial charge on any atom is 0.224 e. The molecule has 1 aromatic carbocycles. The van der Waals surface area contributed by atoms with Crippen LogP contribution in [0.3, 0.4) is 0 Å². The van der Waals surface area contributed by atoms with E-state index in [9.17, 15) is 13.2 Å². The monoisotopic (exact) mass is 453 g/mol. The van der Waals surface area contributed by atoms with Gasteiger partial charge in [-0.05, 0) is 84.6 Å². The van der Waals surface area contributed by atoms with Crippen molar-refractivity contribution in [1.29, 1.82) is 0 Å². The summed E-state index contributed by atoms with van der Waals surface area (Å²) in [5.74, 6) is -0.0498. The van der Waals surface area contributed by atoms with Crippen LogP contribution in [0.2, 0.25) is 0 Å². The number of rotatable bonds is 8. The molecule has 7 nitrogen and oxygen atoms in total. The lowest BCUT2D eigenvalue weighted by Crippen LogP contribution is -2.45. The second-order valence-corrected chi connectivity index (χ2v) is 12.2. The molecule has 176 valence electrons. The molecule has 1 saturated heterocycles. The van der Waals surface area contributed by atoms with Crippen molar-refractivity contribution in [2.75, 3.05) is 29.9 Å². The maximum absolute atomic E-state index is 12.4. The van der Waals surface area contributed by atoms with Crippen LogP contribution in [0.1, 0.15) is 65.0 Å². The van der Waals surface area contributed by atoms with Gasteiger partial charge in [-0.3, -0.25) is 4.79 Å². The number of unbranched alkanes of at least 4 members (excludes halogenated alkanes) is 1. The number of carbonyl (C=O) groups is 1. The SMILES string of the molecule is Cc1cc(N2CC(C)OC(C)C2)cc(C)c1NC(=O)CCCCNS(=O)(=O)C(C)(C)C. The number of hydrogen-bond acceptors (Lipinski definition) is 5. The smallest absolute Gasteiger partial charge is 0.224 e. The molecule has 1 amide bonds. The molecule has 0 aliphatic carbocycles. The summed E-state index contributed by atoms with van der Waals surface area (Å²) in [7, 11) is -3.34. The Bertz CT molecular complexity index is 844. The quantitative estimate of drug-likeness (QED) is 0.586. The summed E-state index contributed by atoms with van der Waals surface area (Å²) >= 11 is 0. The molecule has 0 bridgehead atoms. The Kier molecular flexibility index (Phi) is 8.53. The van der Waals surface area contributed by atoms with E-state index in [4.69, 9.17) is 4.74 Å². The minimum Gasteiger partial charge on any atom is -0.372 e. The minimum absolute atomic E-state index is 0.0498. The van der Waals surface area contributed by atoms with Gasteiger partial charge >= 0.3 is 0 Å². The Morgan fingerprint density at radius 3 is 2.16 bits per heavy atom. The number of carbonyl (C=O) groups excluding carboxylic acids is 1. The van der Waals surface area contributed by atoms with Crippen LogP contribution in [0.5, 0.6) is 0 Å². The topological polar surface area (TPSA) is 87.7 Å². The molecule has 1 aliphatic rings. The molecule has 0 saturated carbocycles. The van der Waals surface area contributed by atoms with E-state index in [1.54, 1.807) is 20.8 Å². The highest BCUT2D eigenvalue weighted by molar-refractivity contribution is 7.90. The van der Waals surface area contributed by atoms with Crippen molar-refractivity contribution < 1.29 is 17.9 Å². The van der Waals surface area contributed by atoms with Gasteiger partial charge in [0, 0.05) is 37.4 Å². The molecular weight excluding hydrogens is 414 g/mol. The van der Waals surface area contributed by atoms with E-state index in [1.165, 1.54) is 0 Å². The summed E-state index contributed by atoms with van der Waals surface area (Å²) in [6.07, 6.45) is 1.98. The van der Waals surface area contributed by atoms with Crippen LogP contribution in [0.25, 0.3) is 0 Å². The Balaban J connectivity index is 1.88. The number of nitrogens with zero attached hydrogens (tertiary/aromatic N) is 1. The Morgan fingerprint density at radius 1 is 1.10 bits per heavy atom. The predicted octanol–water partition coefficient (Wildman–Crippen LogP) is 3.74. The van der Waals surface area contributed by atoms with Crippen molar-refractivity contribution >= 4 is 27.3 Å². The van der Waals surface area contributed by atoms with Crippen molar-refractivity contribution in [3.8, 4) is 0 Å². The number of sulfonamides is 1. The first-order chi connectivity index (χ1) is 14.3. The number of morpholine rings is 1. The van der Waals surface area contributed by atoms with Gasteiger partial charge in [0.15, 0.2) is 0 Å². The first kappa shape index (κ1) is 25.6. The molecule has 2 rings (SSSR count). The molecule has 2 atom stereocenters. The summed E-state index contributed by atoms with van der Waals surface area (Å²) in [5, 5.41) is 3.04. The third kappa shape index (κ3) is 7.19. The van der Waals surface area contributed by atoms with Crippen LogP contribution in [0.15, 0.2) is 12.1 Å². The van der Waals surface area contributed by atoms with Gasteiger partial charge in [0.2, 0.25) is 15.9 Å². The molecule has 1 heterocycles. The van der Waals surface area contributed by atoms with E-state index in [2.05, 4.69) is 40.9 Å². The first-order valence-corrected chi connectivity index (χ1v) is 12.6. The highest BCUT2D eigenvalue weighted by Gasteiger charge is 2.28. The number of anilines is 2. The third-order valence-corrected chi connectivity index (χ3v) is 7.69. The largest absolute Gasteiger partial charge is 0.372 e. The molecular formula is C23H39N3O4S. The van der Waals surface area contributed by atoms with Gasteiger partial charge in [-0.15, -0.1) is 0 Å².